The molecule has 0 unspecified atom stereocenters. The lowest BCUT2D eigenvalue weighted by Crippen LogP contribution is -2.14. The minimum Gasteiger partial charge on any atom is -0.465 e. The molecule has 0 atom stereocenters. The topological polar surface area (TPSA) is 70.4 Å². The number of hydrogen-bond donors (Lipinski definition) is 0. The maximum Gasteiger partial charge on any atom is 0.325 e. The SMILES string of the molecule is CC.CCCOC(=O)CBr.CCOC(=O)Cn1ccnc1C1=CCCC=C1. The van der Waals surface area contributed by atoms with Gasteiger partial charge in [-0.2, -0.15) is 0 Å². The largest absolute Gasteiger partial charge is 0.465 e. The predicted molar refractivity (Wildman–Crippen MR) is 112 cm³/mol. The highest BCUT2D eigenvalue weighted by molar-refractivity contribution is 9.09. The zero-order valence-corrected chi connectivity index (χ0v) is 18.3. The first-order valence-corrected chi connectivity index (χ1v) is 10.5. The molecule has 0 fully saturated rings. The standard InChI is InChI=1S/C13H16N2O2.C5H9BrO2.C2H6/c1-2-17-12(16)10-15-9-8-14-13(15)11-6-4-3-5-7-11;1-2-3-8-5(7)4-6;1-2/h4,6-9H,2-3,5,10H2,1H3;2-4H2,1H3;1-2H3. The van der Waals surface area contributed by atoms with Gasteiger partial charge in [0.05, 0.1) is 13.2 Å². The molecule has 152 valence electrons. The number of allylic oxidation sites excluding steroid dienone is 4. The second-order valence-electron chi connectivity index (χ2n) is 5.18. The van der Waals surface area contributed by atoms with Crippen molar-refractivity contribution in [3.8, 4) is 0 Å². The molecule has 1 aromatic heterocycles. The molecular formula is C20H31BrN2O4. The van der Waals surface area contributed by atoms with Crippen molar-refractivity contribution in [2.75, 3.05) is 18.5 Å². The fraction of sp³-hybridized carbons (Fsp3) is 0.550. The van der Waals surface area contributed by atoms with Crippen molar-refractivity contribution in [2.45, 2.75) is 53.5 Å². The third-order valence-corrected chi connectivity index (χ3v) is 3.61. The van der Waals surface area contributed by atoms with Crippen LogP contribution >= 0.6 is 15.9 Å². The Morgan fingerprint density at radius 1 is 1.19 bits per heavy atom. The highest BCUT2D eigenvalue weighted by atomic mass is 79.9. The Balaban J connectivity index is 0.000000574. The van der Waals surface area contributed by atoms with Gasteiger partial charge in [-0.25, -0.2) is 4.98 Å². The smallest absolute Gasteiger partial charge is 0.325 e. The normalized spacial score (nSPS) is 12.0. The number of carbonyl (C=O) groups excluding carboxylic acids is 2. The molecule has 0 aromatic carbocycles. The van der Waals surface area contributed by atoms with E-state index in [-0.39, 0.29) is 18.5 Å². The Kier molecular flexibility index (Phi) is 15.2. The van der Waals surface area contributed by atoms with Gasteiger partial charge in [-0.3, -0.25) is 9.59 Å². The molecule has 0 saturated heterocycles. The Labute approximate surface area is 170 Å². The van der Waals surface area contributed by atoms with Gasteiger partial charge in [-0.05, 0) is 26.2 Å². The first-order valence-electron chi connectivity index (χ1n) is 9.37. The van der Waals surface area contributed by atoms with Crippen LogP contribution in [-0.4, -0.2) is 40.0 Å². The van der Waals surface area contributed by atoms with E-state index >= 15 is 0 Å². The summed E-state index contributed by atoms with van der Waals surface area (Å²) in [6, 6.07) is 0. The highest BCUT2D eigenvalue weighted by Crippen LogP contribution is 2.19. The Bertz CT molecular complexity index is 609. The van der Waals surface area contributed by atoms with E-state index in [0.717, 1.165) is 30.7 Å². The molecule has 0 N–H and O–H groups in total. The lowest BCUT2D eigenvalue weighted by molar-refractivity contribution is -0.144. The summed E-state index contributed by atoms with van der Waals surface area (Å²) in [7, 11) is 0. The van der Waals surface area contributed by atoms with E-state index in [1.807, 2.05) is 31.4 Å². The van der Waals surface area contributed by atoms with Gasteiger partial charge >= 0.3 is 11.9 Å². The van der Waals surface area contributed by atoms with Crippen molar-refractivity contribution >= 4 is 33.4 Å². The summed E-state index contributed by atoms with van der Waals surface area (Å²) in [5.74, 6) is 0.410. The molecule has 0 spiro atoms. The Morgan fingerprint density at radius 2 is 1.93 bits per heavy atom. The third kappa shape index (κ3) is 10.8. The van der Waals surface area contributed by atoms with E-state index in [1.54, 1.807) is 19.3 Å². The number of nitrogens with zero attached hydrogens (tertiary/aromatic N) is 2. The molecule has 0 amide bonds. The summed E-state index contributed by atoms with van der Waals surface area (Å²) in [6.07, 6.45) is 12.8. The maximum atomic E-state index is 11.4. The lowest BCUT2D eigenvalue weighted by Gasteiger charge is -2.10. The van der Waals surface area contributed by atoms with Crippen molar-refractivity contribution in [1.29, 1.82) is 0 Å². The molecule has 0 bridgehead atoms. The van der Waals surface area contributed by atoms with Crippen LogP contribution in [0.15, 0.2) is 30.6 Å². The van der Waals surface area contributed by atoms with Crippen LogP contribution in [0.2, 0.25) is 0 Å². The predicted octanol–water partition coefficient (Wildman–Crippen LogP) is 4.54. The van der Waals surface area contributed by atoms with Crippen LogP contribution in [0.3, 0.4) is 0 Å². The first-order chi connectivity index (χ1) is 13.1. The number of ether oxygens (including phenoxy) is 2. The molecule has 0 aliphatic heterocycles. The number of rotatable bonds is 7. The van der Waals surface area contributed by atoms with Gasteiger partial charge in [0.15, 0.2) is 0 Å². The van der Waals surface area contributed by atoms with E-state index in [4.69, 9.17) is 4.74 Å². The van der Waals surface area contributed by atoms with Crippen molar-refractivity contribution in [2.24, 2.45) is 0 Å². The molecular weight excluding hydrogens is 412 g/mol. The molecule has 0 radical (unpaired) electrons. The van der Waals surface area contributed by atoms with E-state index in [9.17, 15) is 9.59 Å². The summed E-state index contributed by atoms with van der Waals surface area (Å²) in [6.45, 7) is 8.92. The van der Waals surface area contributed by atoms with Gasteiger partial charge in [0, 0.05) is 18.0 Å². The molecule has 1 aliphatic rings. The molecule has 27 heavy (non-hydrogen) atoms. The summed E-state index contributed by atoms with van der Waals surface area (Å²) in [5, 5.41) is 0.299. The Hall–Kier alpha value is -1.89. The monoisotopic (exact) mass is 442 g/mol. The number of imidazole rings is 1. The minimum absolute atomic E-state index is 0.188. The number of alkyl halides is 1. The van der Waals surface area contributed by atoms with Gasteiger partial charge in [0.2, 0.25) is 0 Å². The van der Waals surface area contributed by atoms with Crippen molar-refractivity contribution < 1.29 is 19.1 Å². The summed E-state index contributed by atoms with van der Waals surface area (Å²) in [5.41, 5.74) is 1.07. The van der Waals surface area contributed by atoms with Crippen molar-refractivity contribution in [3.63, 3.8) is 0 Å². The van der Waals surface area contributed by atoms with Crippen LogP contribution < -0.4 is 0 Å². The van der Waals surface area contributed by atoms with E-state index in [2.05, 4.69) is 37.8 Å². The van der Waals surface area contributed by atoms with Crippen LogP contribution in [0.5, 0.6) is 0 Å². The van der Waals surface area contributed by atoms with E-state index in [1.165, 1.54) is 0 Å². The molecule has 7 heteroatoms. The van der Waals surface area contributed by atoms with Gasteiger partial charge in [-0.15, -0.1) is 0 Å². The first kappa shape index (κ1) is 25.1. The number of hydrogen-bond acceptors (Lipinski definition) is 5. The zero-order chi connectivity index (χ0) is 20.5. The molecule has 2 rings (SSSR count). The van der Waals surface area contributed by atoms with Gasteiger partial charge in [-0.1, -0.05) is 54.9 Å². The van der Waals surface area contributed by atoms with Crippen molar-refractivity contribution in [3.05, 3.63) is 36.4 Å². The van der Waals surface area contributed by atoms with Crippen LogP contribution in [0.4, 0.5) is 0 Å². The summed E-state index contributed by atoms with van der Waals surface area (Å²) >= 11 is 2.97. The van der Waals surface area contributed by atoms with Gasteiger partial charge in [0.25, 0.3) is 0 Å². The maximum absolute atomic E-state index is 11.4. The van der Waals surface area contributed by atoms with Crippen LogP contribution in [-0.2, 0) is 25.6 Å². The lowest BCUT2D eigenvalue weighted by atomic mass is 10.1. The Morgan fingerprint density at radius 3 is 2.48 bits per heavy atom. The van der Waals surface area contributed by atoms with Crippen molar-refractivity contribution in [1.82, 2.24) is 9.55 Å². The zero-order valence-electron chi connectivity index (χ0n) is 16.7. The number of carbonyl (C=O) groups is 2. The van der Waals surface area contributed by atoms with Crippen LogP contribution in [0.25, 0.3) is 5.57 Å². The number of esters is 2. The third-order valence-electron chi connectivity index (χ3n) is 3.15. The van der Waals surface area contributed by atoms with Crippen LogP contribution in [0.1, 0.15) is 52.8 Å². The quantitative estimate of drug-likeness (QED) is 0.457. The number of halogens is 1. The summed E-state index contributed by atoms with van der Waals surface area (Å²) < 4.78 is 11.4. The van der Waals surface area contributed by atoms with Gasteiger partial charge in [0.1, 0.15) is 17.7 Å². The summed E-state index contributed by atoms with van der Waals surface area (Å²) in [4.78, 5) is 26.0. The van der Waals surface area contributed by atoms with Gasteiger partial charge < -0.3 is 14.0 Å². The molecule has 1 heterocycles. The van der Waals surface area contributed by atoms with Crippen LogP contribution in [0, 0.1) is 0 Å². The number of aromatic nitrogens is 2. The average Bonchev–Trinajstić information content (AvgIpc) is 3.17. The average molecular weight is 443 g/mol. The fourth-order valence-electron chi connectivity index (χ4n) is 2.08. The second-order valence-corrected chi connectivity index (χ2v) is 5.74. The van der Waals surface area contributed by atoms with E-state index in [0.29, 0.717) is 18.5 Å². The van der Waals surface area contributed by atoms with E-state index < -0.39 is 0 Å². The molecule has 0 saturated carbocycles. The molecule has 6 nitrogen and oxygen atoms in total. The second kappa shape index (κ2) is 16.3. The highest BCUT2D eigenvalue weighted by Gasteiger charge is 2.11. The fourth-order valence-corrected chi connectivity index (χ4v) is 2.24. The molecule has 1 aliphatic carbocycles. The molecule has 1 aromatic rings. The minimum atomic E-state index is -0.230.